The van der Waals surface area contributed by atoms with Crippen LogP contribution in [0.15, 0.2) is 24.3 Å². The second-order valence-corrected chi connectivity index (χ2v) is 5.14. The standard InChI is InChI=1S/C14H22N2O.ClH/c1-11(15)13-5-7-16(8-6-13)10-12-3-2-4-14(17)9-12;/h2-4,9,11,13,17H,5-8,10,15H2,1H3;1H. The first kappa shape index (κ1) is 15.3. The van der Waals surface area contributed by atoms with Crippen LogP contribution in [0.25, 0.3) is 0 Å². The molecule has 18 heavy (non-hydrogen) atoms. The molecule has 1 unspecified atom stereocenters. The Morgan fingerprint density at radius 2 is 2.06 bits per heavy atom. The summed E-state index contributed by atoms with van der Waals surface area (Å²) in [5, 5.41) is 9.42. The Morgan fingerprint density at radius 3 is 2.61 bits per heavy atom. The molecule has 1 fully saturated rings. The largest absolute Gasteiger partial charge is 0.508 e. The van der Waals surface area contributed by atoms with Gasteiger partial charge in [-0.3, -0.25) is 4.90 Å². The third kappa shape index (κ3) is 4.16. The molecule has 3 nitrogen and oxygen atoms in total. The lowest BCUT2D eigenvalue weighted by Crippen LogP contribution is -2.39. The number of likely N-dealkylation sites (tertiary alicyclic amines) is 1. The molecule has 1 saturated heterocycles. The summed E-state index contributed by atoms with van der Waals surface area (Å²) >= 11 is 0. The van der Waals surface area contributed by atoms with Crippen LogP contribution in [0.2, 0.25) is 0 Å². The van der Waals surface area contributed by atoms with Gasteiger partial charge in [0, 0.05) is 12.6 Å². The molecule has 1 aromatic carbocycles. The zero-order valence-electron chi connectivity index (χ0n) is 10.9. The molecule has 1 heterocycles. The molecule has 2 rings (SSSR count). The van der Waals surface area contributed by atoms with Crippen LogP contribution < -0.4 is 5.73 Å². The molecule has 1 aliphatic heterocycles. The van der Waals surface area contributed by atoms with Crippen molar-refractivity contribution < 1.29 is 5.11 Å². The van der Waals surface area contributed by atoms with E-state index in [1.54, 1.807) is 6.07 Å². The number of piperidine rings is 1. The molecule has 0 bridgehead atoms. The molecule has 0 saturated carbocycles. The lowest BCUT2D eigenvalue weighted by Gasteiger charge is -2.33. The van der Waals surface area contributed by atoms with Crippen LogP contribution in [0.3, 0.4) is 0 Å². The van der Waals surface area contributed by atoms with E-state index in [0.29, 0.717) is 17.7 Å². The summed E-state index contributed by atoms with van der Waals surface area (Å²) in [6.45, 7) is 5.26. The smallest absolute Gasteiger partial charge is 0.115 e. The van der Waals surface area contributed by atoms with Crippen molar-refractivity contribution in [3.63, 3.8) is 0 Å². The first-order chi connectivity index (χ1) is 8.15. The number of hydrogen-bond acceptors (Lipinski definition) is 3. The number of nitrogens with zero attached hydrogens (tertiary/aromatic N) is 1. The number of phenolic OH excluding ortho intramolecular Hbond substituents is 1. The molecule has 0 aromatic heterocycles. The van der Waals surface area contributed by atoms with Crippen molar-refractivity contribution >= 4 is 12.4 Å². The van der Waals surface area contributed by atoms with E-state index in [1.807, 2.05) is 12.1 Å². The molecular formula is C14H23ClN2O. The Bertz CT molecular complexity index is 363. The fourth-order valence-corrected chi connectivity index (χ4v) is 2.55. The minimum absolute atomic E-state index is 0. The molecular weight excluding hydrogens is 248 g/mol. The summed E-state index contributed by atoms with van der Waals surface area (Å²) in [6.07, 6.45) is 2.38. The van der Waals surface area contributed by atoms with Crippen molar-refractivity contribution in [2.75, 3.05) is 13.1 Å². The predicted molar refractivity (Wildman–Crippen MR) is 77.0 cm³/mol. The molecule has 4 heteroatoms. The van der Waals surface area contributed by atoms with Gasteiger partial charge in [-0.25, -0.2) is 0 Å². The zero-order chi connectivity index (χ0) is 12.3. The lowest BCUT2D eigenvalue weighted by atomic mass is 9.91. The van der Waals surface area contributed by atoms with Gasteiger partial charge in [-0.1, -0.05) is 12.1 Å². The predicted octanol–water partition coefficient (Wildman–Crippen LogP) is 2.37. The van der Waals surface area contributed by atoms with E-state index in [0.717, 1.165) is 19.6 Å². The van der Waals surface area contributed by atoms with E-state index >= 15 is 0 Å². The van der Waals surface area contributed by atoms with Gasteiger partial charge < -0.3 is 10.8 Å². The number of aromatic hydroxyl groups is 1. The molecule has 1 aromatic rings. The number of nitrogens with two attached hydrogens (primary N) is 1. The topological polar surface area (TPSA) is 49.5 Å². The summed E-state index contributed by atoms with van der Waals surface area (Å²) in [4.78, 5) is 2.44. The minimum Gasteiger partial charge on any atom is -0.508 e. The SMILES string of the molecule is CC(N)C1CCN(Cc2cccc(O)c2)CC1.Cl. The third-order valence-corrected chi connectivity index (χ3v) is 3.69. The van der Waals surface area contributed by atoms with Crippen molar-refractivity contribution in [3.8, 4) is 5.75 Å². The number of phenols is 1. The average Bonchev–Trinajstić information content (AvgIpc) is 2.29. The van der Waals surface area contributed by atoms with E-state index in [2.05, 4.69) is 17.9 Å². The van der Waals surface area contributed by atoms with E-state index in [1.165, 1.54) is 18.4 Å². The Kier molecular flexibility index (Phi) is 5.93. The van der Waals surface area contributed by atoms with Crippen LogP contribution in [0.5, 0.6) is 5.75 Å². The maximum absolute atomic E-state index is 9.42. The number of benzene rings is 1. The summed E-state index contributed by atoms with van der Waals surface area (Å²) < 4.78 is 0. The van der Waals surface area contributed by atoms with Gasteiger partial charge in [0.2, 0.25) is 0 Å². The Labute approximate surface area is 115 Å². The second-order valence-electron chi connectivity index (χ2n) is 5.14. The van der Waals surface area contributed by atoms with E-state index in [9.17, 15) is 5.11 Å². The van der Waals surface area contributed by atoms with Crippen molar-refractivity contribution in [2.45, 2.75) is 32.4 Å². The first-order valence-electron chi connectivity index (χ1n) is 6.41. The number of halogens is 1. The Hall–Kier alpha value is -0.770. The minimum atomic E-state index is 0. The highest BCUT2D eigenvalue weighted by molar-refractivity contribution is 5.85. The molecule has 0 spiro atoms. The summed E-state index contributed by atoms with van der Waals surface area (Å²) in [6, 6.07) is 7.85. The fraction of sp³-hybridized carbons (Fsp3) is 0.571. The van der Waals surface area contributed by atoms with E-state index < -0.39 is 0 Å². The lowest BCUT2D eigenvalue weighted by molar-refractivity contribution is 0.165. The van der Waals surface area contributed by atoms with Crippen LogP contribution >= 0.6 is 12.4 Å². The van der Waals surface area contributed by atoms with Crippen LogP contribution in [0.4, 0.5) is 0 Å². The summed E-state index contributed by atoms with van der Waals surface area (Å²) in [5.41, 5.74) is 7.12. The maximum atomic E-state index is 9.42. The van der Waals surface area contributed by atoms with Crippen molar-refractivity contribution in [3.05, 3.63) is 29.8 Å². The highest BCUT2D eigenvalue weighted by atomic mass is 35.5. The molecule has 1 aliphatic rings. The van der Waals surface area contributed by atoms with Gasteiger partial charge >= 0.3 is 0 Å². The number of hydrogen-bond donors (Lipinski definition) is 2. The number of rotatable bonds is 3. The van der Waals surface area contributed by atoms with Gasteiger partial charge in [-0.05, 0) is 56.5 Å². The monoisotopic (exact) mass is 270 g/mol. The van der Waals surface area contributed by atoms with Gasteiger partial charge in [-0.15, -0.1) is 12.4 Å². The molecule has 102 valence electrons. The first-order valence-corrected chi connectivity index (χ1v) is 6.41. The van der Waals surface area contributed by atoms with Crippen molar-refractivity contribution in [1.82, 2.24) is 4.90 Å². The molecule has 0 radical (unpaired) electrons. The third-order valence-electron chi connectivity index (χ3n) is 3.69. The van der Waals surface area contributed by atoms with Crippen molar-refractivity contribution in [1.29, 1.82) is 0 Å². The highest BCUT2D eigenvalue weighted by Crippen LogP contribution is 2.21. The fourth-order valence-electron chi connectivity index (χ4n) is 2.55. The maximum Gasteiger partial charge on any atom is 0.115 e. The van der Waals surface area contributed by atoms with Gasteiger partial charge in [0.15, 0.2) is 0 Å². The van der Waals surface area contributed by atoms with E-state index in [-0.39, 0.29) is 12.4 Å². The highest BCUT2D eigenvalue weighted by Gasteiger charge is 2.21. The van der Waals surface area contributed by atoms with Crippen LogP contribution in [0, 0.1) is 5.92 Å². The van der Waals surface area contributed by atoms with E-state index in [4.69, 9.17) is 5.73 Å². The van der Waals surface area contributed by atoms with Crippen molar-refractivity contribution in [2.24, 2.45) is 11.7 Å². The zero-order valence-corrected chi connectivity index (χ0v) is 11.7. The quantitative estimate of drug-likeness (QED) is 0.887. The molecule has 0 amide bonds. The van der Waals surface area contributed by atoms with Gasteiger partial charge in [0.05, 0.1) is 0 Å². The average molecular weight is 271 g/mol. The van der Waals surface area contributed by atoms with Gasteiger partial charge in [0.25, 0.3) is 0 Å². The molecule has 0 aliphatic carbocycles. The summed E-state index contributed by atoms with van der Waals surface area (Å²) in [5.74, 6) is 1.03. The Balaban J connectivity index is 0.00000162. The van der Waals surface area contributed by atoms with Crippen LogP contribution in [0.1, 0.15) is 25.3 Å². The van der Waals surface area contributed by atoms with Gasteiger partial charge in [-0.2, -0.15) is 0 Å². The van der Waals surface area contributed by atoms with Crippen LogP contribution in [-0.4, -0.2) is 29.1 Å². The second kappa shape index (κ2) is 6.98. The summed E-state index contributed by atoms with van der Waals surface area (Å²) in [7, 11) is 0. The molecule has 3 N–H and O–H groups in total. The normalized spacial score (nSPS) is 19.2. The van der Waals surface area contributed by atoms with Crippen LogP contribution in [-0.2, 0) is 6.54 Å². The Morgan fingerprint density at radius 1 is 1.39 bits per heavy atom. The van der Waals surface area contributed by atoms with Gasteiger partial charge in [0.1, 0.15) is 5.75 Å². The molecule has 1 atom stereocenters.